The van der Waals surface area contributed by atoms with Crippen LogP contribution in [-0.2, 0) is 14.3 Å². The van der Waals surface area contributed by atoms with Gasteiger partial charge in [-0.3, -0.25) is 4.79 Å². The monoisotopic (exact) mass is 281 g/mol. The lowest BCUT2D eigenvalue weighted by Crippen LogP contribution is -2.44. The molecule has 0 fully saturated rings. The summed E-state index contributed by atoms with van der Waals surface area (Å²) in [4.78, 5) is 22.7. The zero-order valence-corrected chi connectivity index (χ0v) is 11.6. The number of esters is 1. The van der Waals surface area contributed by atoms with Gasteiger partial charge in [0.1, 0.15) is 5.75 Å². The van der Waals surface area contributed by atoms with E-state index in [0.29, 0.717) is 5.75 Å². The fraction of sp³-hybridized carbons (Fsp3) is 0.429. The van der Waals surface area contributed by atoms with Gasteiger partial charge in [-0.2, -0.15) is 0 Å². The molecular formula is C14H19NO5. The van der Waals surface area contributed by atoms with E-state index in [9.17, 15) is 9.59 Å². The van der Waals surface area contributed by atoms with Crippen LogP contribution in [0, 0.1) is 6.92 Å². The molecule has 0 unspecified atom stereocenters. The van der Waals surface area contributed by atoms with Gasteiger partial charge in [0.25, 0.3) is 0 Å². The summed E-state index contributed by atoms with van der Waals surface area (Å²) in [6.07, 6.45) is 0.0847. The molecule has 0 heterocycles. The summed E-state index contributed by atoms with van der Waals surface area (Å²) >= 11 is 0. The molecule has 0 aliphatic rings. The lowest BCUT2D eigenvalue weighted by molar-refractivity contribution is -0.146. The fourth-order valence-electron chi connectivity index (χ4n) is 1.48. The molecular weight excluding hydrogens is 262 g/mol. The summed E-state index contributed by atoms with van der Waals surface area (Å²) in [6, 6.07) is 6.42. The molecule has 6 heteroatoms. The van der Waals surface area contributed by atoms with E-state index in [2.05, 4.69) is 10.1 Å². The molecule has 20 heavy (non-hydrogen) atoms. The zero-order valence-electron chi connectivity index (χ0n) is 11.6. The van der Waals surface area contributed by atoms with Crippen LogP contribution in [0.4, 0.5) is 0 Å². The van der Waals surface area contributed by atoms with E-state index in [0.717, 1.165) is 5.56 Å². The van der Waals surface area contributed by atoms with Crippen LogP contribution in [0.1, 0.15) is 12.0 Å². The van der Waals surface area contributed by atoms with Crippen LogP contribution in [0.15, 0.2) is 24.3 Å². The first-order valence-electron chi connectivity index (χ1n) is 6.24. The highest BCUT2D eigenvalue weighted by atomic mass is 16.5. The van der Waals surface area contributed by atoms with Gasteiger partial charge in [-0.05, 0) is 19.1 Å². The maximum Gasteiger partial charge on any atom is 0.330 e. The van der Waals surface area contributed by atoms with Gasteiger partial charge in [0, 0.05) is 0 Å². The number of carbonyl (C=O) groups excluding carboxylic acids is 2. The van der Waals surface area contributed by atoms with Gasteiger partial charge in [0.05, 0.1) is 26.7 Å². The van der Waals surface area contributed by atoms with E-state index in [-0.39, 0.29) is 18.9 Å². The second kappa shape index (κ2) is 8.16. The zero-order chi connectivity index (χ0) is 15.0. The number of amides is 1. The number of rotatable bonds is 7. The average molecular weight is 281 g/mol. The van der Waals surface area contributed by atoms with Crippen molar-refractivity contribution in [1.82, 2.24) is 5.32 Å². The number of hydrogen-bond acceptors (Lipinski definition) is 5. The quantitative estimate of drug-likeness (QED) is 0.707. The first-order valence-corrected chi connectivity index (χ1v) is 6.24. The van der Waals surface area contributed by atoms with Gasteiger partial charge < -0.3 is 19.9 Å². The molecule has 0 aliphatic heterocycles. The number of aliphatic hydroxyl groups is 1. The van der Waals surface area contributed by atoms with E-state index >= 15 is 0 Å². The van der Waals surface area contributed by atoms with Crippen LogP contribution < -0.4 is 10.1 Å². The molecule has 1 rings (SSSR count). The Balaban J connectivity index is 2.32. The Morgan fingerprint density at radius 3 is 2.50 bits per heavy atom. The van der Waals surface area contributed by atoms with Crippen molar-refractivity contribution in [3.63, 3.8) is 0 Å². The Morgan fingerprint density at radius 1 is 1.30 bits per heavy atom. The lowest BCUT2D eigenvalue weighted by atomic mass is 10.2. The van der Waals surface area contributed by atoms with E-state index < -0.39 is 18.6 Å². The Bertz CT molecular complexity index is 443. The minimum absolute atomic E-state index is 0.0847. The number of benzene rings is 1. The number of methoxy groups -OCH3 is 1. The number of carbonyl (C=O) groups is 2. The SMILES string of the molecule is COC(=O)[C@@H](CO)NC(=O)CCOc1ccc(C)cc1. The van der Waals surface area contributed by atoms with Gasteiger partial charge in [0.2, 0.25) is 5.91 Å². The van der Waals surface area contributed by atoms with E-state index in [1.807, 2.05) is 31.2 Å². The molecule has 0 saturated carbocycles. The van der Waals surface area contributed by atoms with Crippen molar-refractivity contribution in [2.45, 2.75) is 19.4 Å². The van der Waals surface area contributed by atoms with E-state index in [4.69, 9.17) is 9.84 Å². The molecule has 0 aliphatic carbocycles. The maximum absolute atomic E-state index is 11.6. The van der Waals surface area contributed by atoms with Crippen LogP contribution in [0.3, 0.4) is 0 Å². The third-order valence-corrected chi connectivity index (χ3v) is 2.62. The van der Waals surface area contributed by atoms with Crippen molar-refractivity contribution in [2.24, 2.45) is 0 Å². The van der Waals surface area contributed by atoms with Gasteiger partial charge in [-0.25, -0.2) is 4.79 Å². The molecule has 0 radical (unpaired) electrons. The number of hydrogen-bond donors (Lipinski definition) is 2. The molecule has 110 valence electrons. The first-order chi connectivity index (χ1) is 9.56. The van der Waals surface area contributed by atoms with Crippen molar-refractivity contribution in [2.75, 3.05) is 20.3 Å². The molecule has 1 atom stereocenters. The predicted octanol–water partition coefficient (Wildman–Crippen LogP) is 0.414. The molecule has 1 aromatic carbocycles. The van der Waals surface area contributed by atoms with Crippen molar-refractivity contribution in [3.05, 3.63) is 29.8 Å². The topological polar surface area (TPSA) is 84.9 Å². The van der Waals surface area contributed by atoms with Crippen LogP contribution in [0.25, 0.3) is 0 Å². The van der Waals surface area contributed by atoms with Crippen LogP contribution in [0.5, 0.6) is 5.75 Å². The maximum atomic E-state index is 11.6. The third kappa shape index (κ3) is 5.27. The number of ether oxygens (including phenoxy) is 2. The fourth-order valence-corrected chi connectivity index (χ4v) is 1.48. The Labute approximate surface area is 117 Å². The van der Waals surface area contributed by atoms with Crippen LogP contribution >= 0.6 is 0 Å². The Morgan fingerprint density at radius 2 is 1.95 bits per heavy atom. The lowest BCUT2D eigenvalue weighted by Gasteiger charge is -2.14. The summed E-state index contributed by atoms with van der Waals surface area (Å²) in [5.41, 5.74) is 1.12. The normalized spacial score (nSPS) is 11.6. The summed E-state index contributed by atoms with van der Waals surface area (Å²) in [5.74, 6) is -0.392. The summed E-state index contributed by atoms with van der Waals surface area (Å²) in [5, 5.41) is 11.3. The molecule has 1 amide bonds. The number of aryl methyl sites for hydroxylation is 1. The minimum atomic E-state index is -1.04. The highest BCUT2D eigenvalue weighted by molar-refractivity contribution is 5.84. The first kappa shape index (κ1) is 16.0. The second-order valence-electron chi connectivity index (χ2n) is 4.24. The summed E-state index contributed by atoms with van der Waals surface area (Å²) in [7, 11) is 1.19. The Kier molecular flexibility index (Phi) is 6.52. The van der Waals surface area contributed by atoms with Gasteiger partial charge in [0.15, 0.2) is 6.04 Å². The van der Waals surface area contributed by atoms with E-state index in [1.165, 1.54) is 7.11 Å². The average Bonchev–Trinajstić information content (AvgIpc) is 2.46. The van der Waals surface area contributed by atoms with Gasteiger partial charge in [-0.1, -0.05) is 17.7 Å². The van der Waals surface area contributed by atoms with Crippen molar-refractivity contribution in [3.8, 4) is 5.75 Å². The molecule has 1 aromatic rings. The molecule has 6 nitrogen and oxygen atoms in total. The van der Waals surface area contributed by atoms with E-state index in [1.54, 1.807) is 0 Å². The van der Waals surface area contributed by atoms with Gasteiger partial charge in [-0.15, -0.1) is 0 Å². The smallest absolute Gasteiger partial charge is 0.330 e. The summed E-state index contributed by atoms with van der Waals surface area (Å²) < 4.78 is 9.84. The third-order valence-electron chi connectivity index (χ3n) is 2.62. The predicted molar refractivity (Wildman–Crippen MR) is 72.3 cm³/mol. The molecule has 2 N–H and O–H groups in total. The molecule has 0 spiro atoms. The van der Waals surface area contributed by atoms with Crippen LogP contribution in [-0.4, -0.2) is 43.3 Å². The van der Waals surface area contributed by atoms with Crippen LogP contribution in [0.2, 0.25) is 0 Å². The molecule has 0 saturated heterocycles. The highest BCUT2D eigenvalue weighted by Crippen LogP contribution is 2.11. The van der Waals surface area contributed by atoms with Gasteiger partial charge >= 0.3 is 5.97 Å². The highest BCUT2D eigenvalue weighted by Gasteiger charge is 2.20. The van der Waals surface area contributed by atoms with Crippen molar-refractivity contribution in [1.29, 1.82) is 0 Å². The number of nitrogens with one attached hydrogen (secondary N) is 1. The van der Waals surface area contributed by atoms with Crippen molar-refractivity contribution >= 4 is 11.9 Å². The largest absolute Gasteiger partial charge is 0.493 e. The second-order valence-corrected chi connectivity index (χ2v) is 4.24. The molecule has 0 bridgehead atoms. The van der Waals surface area contributed by atoms with Crippen molar-refractivity contribution < 1.29 is 24.2 Å². The minimum Gasteiger partial charge on any atom is -0.493 e. The summed E-state index contributed by atoms with van der Waals surface area (Å²) in [6.45, 7) is 1.66. The Hall–Kier alpha value is -2.08. The number of aliphatic hydroxyl groups excluding tert-OH is 1. The molecule has 0 aromatic heterocycles. The standard InChI is InChI=1S/C14H19NO5/c1-10-3-5-11(6-4-10)20-8-7-13(17)15-12(9-16)14(18)19-2/h3-6,12,16H,7-9H2,1-2H3,(H,15,17)/t12-/m1/s1.